The van der Waals surface area contributed by atoms with Crippen LogP contribution in [-0.2, 0) is 15.3 Å². The summed E-state index contributed by atoms with van der Waals surface area (Å²) in [6, 6.07) is 19.5. The first-order valence-corrected chi connectivity index (χ1v) is 23.2. The minimum atomic E-state index is -1.41. The second-order valence-corrected chi connectivity index (χ2v) is 16.0. The van der Waals surface area contributed by atoms with E-state index in [1.54, 1.807) is 0 Å². The van der Waals surface area contributed by atoms with Gasteiger partial charge in [-0.05, 0) is 12.8 Å². The summed E-state index contributed by atoms with van der Waals surface area (Å²) in [7, 11) is 0. The molecule has 53 heavy (non-hydrogen) atoms. The van der Waals surface area contributed by atoms with Crippen LogP contribution in [0.25, 0.3) is 0 Å². The third kappa shape index (κ3) is 23.5. The number of rotatable bonds is 39. The fourth-order valence-electron chi connectivity index (χ4n) is 7.64. The lowest BCUT2D eigenvalue weighted by atomic mass is 9.95. The van der Waals surface area contributed by atoms with Crippen LogP contribution in [0.5, 0.6) is 0 Å². The molecule has 0 N–H and O–H groups in total. The first-order valence-electron chi connectivity index (χ1n) is 23.2. The van der Waals surface area contributed by atoms with Crippen LogP contribution in [0.2, 0.25) is 0 Å². The molecule has 0 heterocycles. The molecule has 0 aliphatic heterocycles. The van der Waals surface area contributed by atoms with Gasteiger partial charge in [0, 0.05) is 11.1 Å². The van der Waals surface area contributed by atoms with Gasteiger partial charge in [-0.3, -0.25) is 4.79 Å². The minimum Gasteiger partial charge on any atom is -0.340 e. The van der Waals surface area contributed by atoms with E-state index in [2.05, 4.69) is 13.8 Å². The van der Waals surface area contributed by atoms with Crippen molar-refractivity contribution in [1.29, 1.82) is 0 Å². The van der Waals surface area contributed by atoms with E-state index in [1.165, 1.54) is 180 Å². The van der Waals surface area contributed by atoms with Crippen LogP contribution in [0.15, 0.2) is 60.7 Å². The Hall–Kier alpha value is -1.97. The molecule has 0 saturated carbocycles. The average molecular weight is 733 g/mol. The summed E-state index contributed by atoms with van der Waals surface area (Å²) in [5, 5.41) is 0. The number of ketones is 1. The van der Waals surface area contributed by atoms with Gasteiger partial charge in [-0.15, -0.1) is 0 Å². The summed E-state index contributed by atoms with van der Waals surface area (Å²) in [6.45, 7) is 5.62. The van der Waals surface area contributed by atoms with E-state index in [1.807, 2.05) is 60.7 Å². The largest absolute Gasteiger partial charge is 0.340 e. The van der Waals surface area contributed by atoms with Gasteiger partial charge < -0.3 is 9.47 Å². The van der Waals surface area contributed by atoms with Gasteiger partial charge in [-0.25, -0.2) is 0 Å². The zero-order valence-corrected chi connectivity index (χ0v) is 35.0. The Balaban J connectivity index is 1.69. The van der Waals surface area contributed by atoms with Crippen LogP contribution >= 0.6 is 0 Å². The first-order chi connectivity index (χ1) is 26.2. The van der Waals surface area contributed by atoms with Crippen LogP contribution in [0.4, 0.5) is 0 Å². The second kappa shape index (κ2) is 34.5. The first kappa shape index (κ1) is 47.2. The SMILES string of the molecule is CCCCCCCCCCCCCCCCCCOC(OCCCCCCCCCCCCCCCCCC)(C(=O)c1ccccc1)c1ccccc1. The minimum absolute atomic E-state index is 0.0997. The van der Waals surface area contributed by atoms with E-state index >= 15 is 0 Å². The fourth-order valence-corrected chi connectivity index (χ4v) is 7.64. The Morgan fingerprint density at radius 2 is 0.642 bits per heavy atom. The molecule has 0 aromatic heterocycles. The molecule has 3 heteroatoms. The van der Waals surface area contributed by atoms with E-state index < -0.39 is 5.79 Å². The Morgan fingerprint density at radius 3 is 0.943 bits per heavy atom. The quantitative estimate of drug-likeness (QED) is 0.0390. The maximum Gasteiger partial charge on any atom is 0.261 e. The number of hydrogen-bond acceptors (Lipinski definition) is 3. The zero-order valence-electron chi connectivity index (χ0n) is 35.0. The molecule has 3 nitrogen and oxygen atoms in total. The van der Waals surface area contributed by atoms with E-state index in [0.29, 0.717) is 18.8 Å². The predicted octanol–water partition coefficient (Wildman–Crippen LogP) is 16.3. The molecule has 2 rings (SSSR count). The molecule has 0 amide bonds. The van der Waals surface area contributed by atoms with Gasteiger partial charge in [0.05, 0.1) is 13.2 Å². The Labute approximate surface area is 329 Å². The summed E-state index contributed by atoms with van der Waals surface area (Å²) < 4.78 is 13.2. The van der Waals surface area contributed by atoms with Crippen molar-refractivity contribution in [3.8, 4) is 0 Å². The summed E-state index contributed by atoms with van der Waals surface area (Å²) in [6.07, 6.45) is 42.8. The molecular formula is C50H84O3. The number of benzene rings is 2. The monoisotopic (exact) mass is 733 g/mol. The van der Waals surface area contributed by atoms with Crippen LogP contribution in [0.3, 0.4) is 0 Å². The van der Waals surface area contributed by atoms with Crippen molar-refractivity contribution in [1.82, 2.24) is 0 Å². The van der Waals surface area contributed by atoms with Crippen molar-refractivity contribution in [2.45, 2.75) is 225 Å². The molecular weight excluding hydrogens is 649 g/mol. The molecule has 0 fully saturated rings. The van der Waals surface area contributed by atoms with Gasteiger partial charge >= 0.3 is 0 Å². The van der Waals surface area contributed by atoms with Crippen molar-refractivity contribution in [2.75, 3.05) is 13.2 Å². The molecule has 0 radical (unpaired) electrons. The Bertz CT molecular complexity index is 1010. The third-order valence-corrected chi connectivity index (χ3v) is 11.1. The summed E-state index contributed by atoms with van der Waals surface area (Å²) >= 11 is 0. The molecule has 302 valence electrons. The van der Waals surface area contributed by atoms with Crippen molar-refractivity contribution in [3.05, 3.63) is 71.8 Å². The van der Waals surface area contributed by atoms with Crippen molar-refractivity contribution >= 4 is 5.78 Å². The molecule has 0 saturated heterocycles. The van der Waals surface area contributed by atoms with E-state index in [0.717, 1.165) is 31.2 Å². The van der Waals surface area contributed by atoms with Gasteiger partial charge in [-0.2, -0.15) is 0 Å². The Morgan fingerprint density at radius 1 is 0.377 bits per heavy atom. The second-order valence-electron chi connectivity index (χ2n) is 16.0. The van der Waals surface area contributed by atoms with Crippen LogP contribution in [0.1, 0.15) is 235 Å². The topological polar surface area (TPSA) is 35.5 Å². The molecule has 2 aromatic rings. The number of unbranched alkanes of at least 4 members (excludes halogenated alkanes) is 30. The van der Waals surface area contributed by atoms with Crippen molar-refractivity contribution in [2.24, 2.45) is 0 Å². The van der Waals surface area contributed by atoms with Gasteiger partial charge in [0.25, 0.3) is 5.79 Å². The van der Waals surface area contributed by atoms with Gasteiger partial charge in [-0.1, -0.05) is 267 Å². The Kier molecular flexibility index (Phi) is 30.7. The zero-order chi connectivity index (χ0) is 37.8. The number of carbonyl (C=O) groups excluding carboxylic acids is 1. The maximum absolute atomic E-state index is 14.2. The average Bonchev–Trinajstić information content (AvgIpc) is 3.20. The third-order valence-electron chi connectivity index (χ3n) is 11.1. The highest BCUT2D eigenvalue weighted by Crippen LogP contribution is 2.33. The summed E-state index contributed by atoms with van der Waals surface area (Å²) in [5.41, 5.74) is 1.43. The predicted molar refractivity (Wildman–Crippen MR) is 230 cm³/mol. The molecule has 0 unspecified atom stereocenters. The van der Waals surface area contributed by atoms with Gasteiger partial charge in [0.2, 0.25) is 5.78 Å². The number of ether oxygens (including phenoxy) is 2. The lowest BCUT2D eigenvalue weighted by Crippen LogP contribution is -2.42. The van der Waals surface area contributed by atoms with Gasteiger partial charge in [0.1, 0.15) is 0 Å². The standard InChI is InChI=1S/C50H84O3/c1-3-5-7-9-11-13-15-17-19-21-23-25-27-29-31-39-45-52-50(48-43-37-34-38-44-48,49(51)47-41-35-33-36-42-47)53-46-40-32-30-28-26-24-22-20-18-16-14-12-10-8-6-4-2/h33-38,41-44H,3-32,39-40,45-46H2,1-2H3. The molecule has 2 aromatic carbocycles. The summed E-state index contributed by atoms with van der Waals surface area (Å²) in [4.78, 5) is 14.2. The number of carbonyl (C=O) groups is 1. The van der Waals surface area contributed by atoms with E-state index in [9.17, 15) is 4.79 Å². The molecule has 0 aliphatic rings. The summed E-state index contributed by atoms with van der Waals surface area (Å²) in [5.74, 6) is -1.51. The highest BCUT2D eigenvalue weighted by atomic mass is 16.7. The lowest BCUT2D eigenvalue weighted by Gasteiger charge is -2.33. The van der Waals surface area contributed by atoms with Crippen LogP contribution in [0, 0.1) is 0 Å². The fraction of sp³-hybridized carbons (Fsp3) is 0.740. The van der Waals surface area contributed by atoms with E-state index in [4.69, 9.17) is 9.47 Å². The van der Waals surface area contributed by atoms with E-state index in [-0.39, 0.29) is 5.78 Å². The highest BCUT2D eigenvalue weighted by Gasteiger charge is 2.43. The van der Waals surface area contributed by atoms with Crippen molar-refractivity contribution < 1.29 is 14.3 Å². The molecule has 0 bridgehead atoms. The molecule has 0 atom stereocenters. The van der Waals surface area contributed by atoms with Crippen molar-refractivity contribution in [3.63, 3.8) is 0 Å². The number of Topliss-reactive ketones (excluding diaryl/α,β-unsaturated/α-hetero) is 1. The van der Waals surface area contributed by atoms with Crippen LogP contribution in [-0.4, -0.2) is 19.0 Å². The lowest BCUT2D eigenvalue weighted by molar-refractivity contribution is -0.211. The number of hydrogen-bond donors (Lipinski definition) is 0. The van der Waals surface area contributed by atoms with Crippen LogP contribution < -0.4 is 0 Å². The molecule has 0 aliphatic carbocycles. The maximum atomic E-state index is 14.2. The highest BCUT2D eigenvalue weighted by molar-refractivity contribution is 6.02. The van der Waals surface area contributed by atoms with Gasteiger partial charge in [0.15, 0.2) is 0 Å². The smallest absolute Gasteiger partial charge is 0.261 e. The normalized spacial score (nSPS) is 11.7. The molecule has 0 spiro atoms.